The van der Waals surface area contributed by atoms with Gasteiger partial charge in [-0.05, 0) is 37.5 Å². The molecule has 1 aromatic rings. The van der Waals surface area contributed by atoms with Gasteiger partial charge in [0.15, 0.2) is 0 Å². The topological polar surface area (TPSA) is 104 Å². The van der Waals surface area contributed by atoms with Crippen molar-refractivity contribution in [1.29, 1.82) is 0 Å². The summed E-state index contributed by atoms with van der Waals surface area (Å²) >= 11 is 0. The average Bonchev–Trinajstić information content (AvgIpc) is 2.54. The zero-order valence-electron chi connectivity index (χ0n) is 16.9. The molecule has 0 aliphatic heterocycles. The van der Waals surface area contributed by atoms with Crippen molar-refractivity contribution in [1.82, 2.24) is 9.62 Å². The van der Waals surface area contributed by atoms with Crippen LogP contribution in [0.15, 0.2) is 23.1 Å². The van der Waals surface area contributed by atoms with E-state index in [9.17, 15) is 18.0 Å². The molecule has 0 aromatic heterocycles. The van der Waals surface area contributed by atoms with Gasteiger partial charge in [0.2, 0.25) is 10.0 Å². The smallest absolute Gasteiger partial charge is 0.305 e. The number of aliphatic carboxylic acids is 1. The number of sulfonamides is 1. The molecule has 0 saturated carbocycles. The second kappa shape index (κ2) is 8.84. The van der Waals surface area contributed by atoms with E-state index in [0.29, 0.717) is 18.7 Å². The van der Waals surface area contributed by atoms with Crippen LogP contribution in [0.3, 0.4) is 0 Å². The van der Waals surface area contributed by atoms with Crippen molar-refractivity contribution in [2.75, 3.05) is 13.1 Å². The highest BCUT2D eigenvalue weighted by Gasteiger charge is 2.33. The Morgan fingerprint density at radius 1 is 1.22 bits per heavy atom. The first-order chi connectivity index (χ1) is 12.4. The highest BCUT2D eigenvalue weighted by Crippen LogP contribution is 2.24. The molecule has 0 aliphatic rings. The van der Waals surface area contributed by atoms with E-state index in [-0.39, 0.29) is 22.8 Å². The van der Waals surface area contributed by atoms with Gasteiger partial charge in [0, 0.05) is 18.7 Å². The fraction of sp³-hybridized carbons (Fsp3) is 0.579. The number of nitrogens with zero attached hydrogens (tertiary/aromatic N) is 1. The molecule has 7 nitrogen and oxygen atoms in total. The molecule has 1 atom stereocenters. The van der Waals surface area contributed by atoms with Crippen LogP contribution in [-0.2, 0) is 14.8 Å². The Labute approximate surface area is 161 Å². The van der Waals surface area contributed by atoms with Crippen LogP contribution >= 0.6 is 0 Å². The molecule has 27 heavy (non-hydrogen) atoms. The highest BCUT2D eigenvalue weighted by atomic mass is 32.2. The summed E-state index contributed by atoms with van der Waals surface area (Å²) in [7, 11) is -3.71. The molecule has 0 bridgehead atoms. The van der Waals surface area contributed by atoms with Gasteiger partial charge in [-0.15, -0.1) is 0 Å². The Kier molecular flexibility index (Phi) is 7.57. The molecule has 1 unspecified atom stereocenters. The van der Waals surface area contributed by atoms with E-state index in [1.165, 1.54) is 10.4 Å². The van der Waals surface area contributed by atoms with Gasteiger partial charge in [-0.3, -0.25) is 9.59 Å². The number of hydrogen-bond acceptors (Lipinski definition) is 4. The fourth-order valence-electron chi connectivity index (χ4n) is 2.76. The van der Waals surface area contributed by atoms with Gasteiger partial charge in [0.25, 0.3) is 5.91 Å². The van der Waals surface area contributed by atoms with Gasteiger partial charge in [0.05, 0.1) is 16.9 Å². The van der Waals surface area contributed by atoms with Crippen molar-refractivity contribution in [2.45, 2.75) is 58.4 Å². The lowest BCUT2D eigenvalue weighted by Gasteiger charge is -2.33. The van der Waals surface area contributed by atoms with Gasteiger partial charge in [-0.1, -0.05) is 33.8 Å². The molecule has 0 fully saturated rings. The maximum Gasteiger partial charge on any atom is 0.305 e. The maximum absolute atomic E-state index is 12.8. The van der Waals surface area contributed by atoms with Crippen LogP contribution in [0.4, 0.5) is 0 Å². The molecule has 0 radical (unpaired) electrons. The number of carboxylic acid groups (broad SMARTS) is 1. The van der Waals surface area contributed by atoms with Crippen LogP contribution in [0.5, 0.6) is 0 Å². The van der Waals surface area contributed by atoms with Gasteiger partial charge in [-0.2, -0.15) is 4.31 Å². The average molecular weight is 399 g/mol. The Morgan fingerprint density at radius 3 is 2.22 bits per heavy atom. The first-order valence-electron chi connectivity index (χ1n) is 9.04. The second-order valence-corrected chi connectivity index (χ2v) is 9.07. The van der Waals surface area contributed by atoms with Crippen LogP contribution in [0, 0.1) is 12.8 Å². The summed E-state index contributed by atoms with van der Waals surface area (Å²) in [5, 5.41) is 11.9. The third-order valence-corrected chi connectivity index (χ3v) is 7.16. The number of nitrogens with one attached hydrogen (secondary N) is 1. The lowest BCUT2D eigenvalue weighted by atomic mass is 9.85. The molecule has 0 aliphatic carbocycles. The summed E-state index contributed by atoms with van der Waals surface area (Å²) in [5.74, 6) is -1.63. The third kappa shape index (κ3) is 5.29. The number of benzene rings is 1. The van der Waals surface area contributed by atoms with Crippen LogP contribution in [0.25, 0.3) is 0 Å². The molecule has 2 N–H and O–H groups in total. The first-order valence-corrected chi connectivity index (χ1v) is 10.5. The third-order valence-electron chi connectivity index (χ3n) is 4.97. The van der Waals surface area contributed by atoms with Crippen molar-refractivity contribution >= 4 is 21.9 Å². The van der Waals surface area contributed by atoms with Crippen LogP contribution in [-0.4, -0.2) is 48.3 Å². The first kappa shape index (κ1) is 23.1. The normalized spacial score (nSPS) is 14.2. The second-order valence-electron chi connectivity index (χ2n) is 7.17. The van der Waals surface area contributed by atoms with E-state index in [1.54, 1.807) is 39.8 Å². The standard InChI is InChI=1S/C19H30N2O5S/c1-7-21(8-2)27(25,26)16-11-15(10-9-14(16)5)18(24)20-19(6,13(3)4)12-17(22)23/h9-11,13H,7-8,12H2,1-6H3,(H,20,24)(H,22,23). The molecular weight excluding hydrogens is 368 g/mol. The predicted octanol–water partition coefficient (Wildman–Crippen LogP) is 2.64. The quantitative estimate of drug-likeness (QED) is 0.665. The molecule has 0 spiro atoms. The minimum absolute atomic E-state index is 0.0864. The SMILES string of the molecule is CCN(CC)S(=O)(=O)c1cc(C(=O)NC(C)(CC(=O)O)C(C)C)ccc1C. The monoisotopic (exact) mass is 398 g/mol. The zero-order chi connectivity index (χ0) is 21.0. The molecule has 1 rings (SSSR count). The van der Waals surface area contributed by atoms with E-state index < -0.39 is 27.4 Å². The summed E-state index contributed by atoms with van der Waals surface area (Å²) in [6.45, 7) is 11.2. The Bertz CT molecular complexity index is 800. The Balaban J connectivity index is 3.29. The van der Waals surface area contributed by atoms with E-state index in [2.05, 4.69) is 5.32 Å². The molecule has 152 valence electrons. The number of hydrogen-bond donors (Lipinski definition) is 2. The number of aryl methyl sites for hydroxylation is 1. The zero-order valence-corrected chi connectivity index (χ0v) is 17.7. The van der Waals surface area contributed by atoms with Crippen LogP contribution < -0.4 is 5.32 Å². The van der Waals surface area contributed by atoms with Gasteiger partial charge in [0.1, 0.15) is 0 Å². The summed E-state index contributed by atoms with van der Waals surface area (Å²) in [4.78, 5) is 24.0. The number of carbonyl (C=O) groups is 2. The molecule has 1 aromatic carbocycles. The minimum atomic E-state index is -3.71. The number of carboxylic acids is 1. The number of carbonyl (C=O) groups excluding carboxylic acids is 1. The van der Waals surface area contributed by atoms with Crippen molar-refractivity contribution in [3.05, 3.63) is 29.3 Å². The van der Waals surface area contributed by atoms with E-state index in [4.69, 9.17) is 5.11 Å². The van der Waals surface area contributed by atoms with Gasteiger partial charge in [-0.25, -0.2) is 8.42 Å². The summed E-state index contributed by atoms with van der Waals surface area (Å²) in [5.41, 5.74) is -0.217. The largest absolute Gasteiger partial charge is 0.481 e. The molecule has 8 heteroatoms. The summed E-state index contributed by atoms with van der Waals surface area (Å²) in [6.07, 6.45) is -0.229. The van der Waals surface area contributed by atoms with Crippen LogP contribution in [0.2, 0.25) is 0 Å². The van der Waals surface area contributed by atoms with E-state index >= 15 is 0 Å². The lowest BCUT2D eigenvalue weighted by Crippen LogP contribution is -2.51. The van der Waals surface area contributed by atoms with Crippen molar-refractivity contribution in [3.63, 3.8) is 0 Å². The van der Waals surface area contributed by atoms with Crippen molar-refractivity contribution in [2.24, 2.45) is 5.92 Å². The Morgan fingerprint density at radius 2 is 1.78 bits per heavy atom. The van der Waals surface area contributed by atoms with Crippen molar-refractivity contribution in [3.8, 4) is 0 Å². The lowest BCUT2D eigenvalue weighted by molar-refractivity contribution is -0.138. The minimum Gasteiger partial charge on any atom is -0.481 e. The van der Waals surface area contributed by atoms with E-state index in [0.717, 1.165) is 0 Å². The Hall–Kier alpha value is -1.93. The highest BCUT2D eigenvalue weighted by molar-refractivity contribution is 7.89. The summed E-state index contributed by atoms with van der Waals surface area (Å²) < 4.78 is 27.0. The maximum atomic E-state index is 12.8. The van der Waals surface area contributed by atoms with Gasteiger partial charge >= 0.3 is 5.97 Å². The van der Waals surface area contributed by atoms with Crippen LogP contribution in [0.1, 0.15) is 57.0 Å². The van der Waals surface area contributed by atoms with Crippen molar-refractivity contribution < 1.29 is 23.1 Å². The molecule has 0 saturated heterocycles. The predicted molar refractivity (Wildman–Crippen MR) is 104 cm³/mol. The van der Waals surface area contributed by atoms with E-state index in [1.807, 2.05) is 13.8 Å². The fourth-order valence-corrected chi connectivity index (χ4v) is 4.47. The molecular formula is C19H30N2O5S. The summed E-state index contributed by atoms with van der Waals surface area (Å²) in [6, 6.07) is 4.50. The number of rotatable bonds is 9. The molecule has 0 heterocycles. The number of amides is 1. The molecule has 1 amide bonds. The van der Waals surface area contributed by atoms with Gasteiger partial charge < -0.3 is 10.4 Å².